The molecule has 1 amide bonds. The molecule has 0 bridgehead atoms. The number of nitrogens with one attached hydrogen (secondary N) is 1. The molecule has 20 heavy (non-hydrogen) atoms. The Morgan fingerprint density at radius 3 is 2.40 bits per heavy atom. The number of rotatable bonds is 5. The van der Waals surface area contributed by atoms with Gasteiger partial charge >= 0.3 is 0 Å². The Morgan fingerprint density at radius 1 is 1.20 bits per heavy atom. The Bertz CT molecular complexity index is 419. The highest BCUT2D eigenvalue weighted by atomic mass is 16.2. The summed E-state index contributed by atoms with van der Waals surface area (Å²) in [6.45, 7) is 7.17. The molecule has 1 heterocycles. The van der Waals surface area contributed by atoms with E-state index >= 15 is 0 Å². The summed E-state index contributed by atoms with van der Waals surface area (Å²) >= 11 is 0. The second-order valence-corrected chi connectivity index (χ2v) is 5.65. The zero-order valence-corrected chi connectivity index (χ0v) is 12.7. The molecule has 1 aliphatic rings. The Balaban J connectivity index is 1.92. The van der Waals surface area contributed by atoms with Crippen LogP contribution in [-0.2, 0) is 0 Å². The monoisotopic (exact) mass is 274 g/mol. The molecule has 0 radical (unpaired) electrons. The lowest BCUT2D eigenvalue weighted by molar-refractivity contribution is 0.0689. The minimum Gasteiger partial charge on any atom is -0.385 e. The van der Waals surface area contributed by atoms with Crippen molar-refractivity contribution in [3.8, 4) is 0 Å². The van der Waals surface area contributed by atoms with Crippen LogP contribution < -0.4 is 5.32 Å². The highest BCUT2D eigenvalue weighted by Crippen LogP contribution is 2.21. The van der Waals surface area contributed by atoms with Crippen LogP contribution >= 0.6 is 0 Å². The van der Waals surface area contributed by atoms with Crippen LogP contribution in [0, 0.1) is 5.92 Å². The van der Waals surface area contributed by atoms with E-state index in [9.17, 15) is 4.79 Å². The second-order valence-electron chi connectivity index (χ2n) is 5.65. The van der Waals surface area contributed by atoms with Crippen molar-refractivity contribution in [3.63, 3.8) is 0 Å². The predicted molar refractivity (Wildman–Crippen MR) is 84.1 cm³/mol. The quantitative estimate of drug-likeness (QED) is 0.886. The number of carbonyl (C=O) groups is 1. The number of benzene rings is 1. The number of piperidine rings is 1. The van der Waals surface area contributed by atoms with Gasteiger partial charge in [0, 0.05) is 30.9 Å². The van der Waals surface area contributed by atoms with Gasteiger partial charge in [-0.05, 0) is 49.4 Å². The highest BCUT2D eigenvalue weighted by Gasteiger charge is 2.22. The topological polar surface area (TPSA) is 32.3 Å². The molecule has 1 N–H and O–H groups in total. The summed E-state index contributed by atoms with van der Waals surface area (Å²) in [7, 11) is 0. The average molecular weight is 274 g/mol. The Hall–Kier alpha value is -1.51. The van der Waals surface area contributed by atoms with Crippen LogP contribution in [0.3, 0.4) is 0 Å². The van der Waals surface area contributed by atoms with Gasteiger partial charge in [-0.15, -0.1) is 0 Å². The number of hydrogen-bond donors (Lipinski definition) is 1. The largest absolute Gasteiger partial charge is 0.385 e. The molecule has 1 aliphatic heterocycles. The van der Waals surface area contributed by atoms with Crippen LogP contribution in [0.5, 0.6) is 0 Å². The van der Waals surface area contributed by atoms with Gasteiger partial charge in [0.05, 0.1) is 0 Å². The summed E-state index contributed by atoms with van der Waals surface area (Å²) in [5, 5.41) is 3.33. The van der Waals surface area contributed by atoms with Gasteiger partial charge in [-0.1, -0.05) is 20.3 Å². The number of amides is 1. The molecular weight excluding hydrogens is 248 g/mol. The molecule has 0 aromatic heterocycles. The average Bonchev–Trinajstić information content (AvgIpc) is 2.53. The predicted octanol–water partition coefficient (Wildman–Crippen LogP) is 3.77. The molecule has 110 valence electrons. The lowest BCUT2D eigenvalue weighted by Gasteiger charge is -2.31. The first-order chi connectivity index (χ1) is 9.74. The Labute approximate surface area is 122 Å². The zero-order valence-electron chi connectivity index (χ0n) is 12.7. The van der Waals surface area contributed by atoms with E-state index in [2.05, 4.69) is 19.2 Å². The van der Waals surface area contributed by atoms with Crippen molar-refractivity contribution in [2.75, 3.05) is 25.0 Å². The van der Waals surface area contributed by atoms with E-state index in [1.54, 1.807) is 0 Å². The highest BCUT2D eigenvalue weighted by molar-refractivity contribution is 5.94. The van der Waals surface area contributed by atoms with Gasteiger partial charge in [-0.2, -0.15) is 0 Å². The first kappa shape index (κ1) is 14.9. The maximum absolute atomic E-state index is 12.4. The summed E-state index contributed by atoms with van der Waals surface area (Å²) in [6, 6.07) is 7.88. The summed E-state index contributed by atoms with van der Waals surface area (Å²) in [6.07, 6.45) is 4.64. The van der Waals surface area contributed by atoms with Gasteiger partial charge in [-0.25, -0.2) is 0 Å². The van der Waals surface area contributed by atoms with Crippen LogP contribution in [0.15, 0.2) is 24.3 Å². The van der Waals surface area contributed by atoms with E-state index in [4.69, 9.17) is 0 Å². The Morgan fingerprint density at radius 2 is 1.85 bits per heavy atom. The smallest absolute Gasteiger partial charge is 0.253 e. The van der Waals surface area contributed by atoms with Crippen molar-refractivity contribution in [1.29, 1.82) is 0 Å². The van der Waals surface area contributed by atoms with Crippen molar-refractivity contribution < 1.29 is 4.79 Å². The molecule has 3 nitrogen and oxygen atoms in total. The lowest BCUT2D eigenvalue weighted by atomic mass is 9.94. The first-order valence-electron chi connectivity index (χ1n) is 7.87. The lowest BCUT2D eigenvalue weighted by Crippen LogP contribution is -2.38. The van der Waals surface area contributed by atoms with Gasteiger partial charge in [0.1, 0.15) is 0 Å². The zero-order chi connectivity index (χ0) is 14.4. The van der Waals surface area contributed by atoms with E-state index in [0.717, 1.165) is 56.1 Å². The number of likely N-dealkylation sites (tertiary alicyclic amines) is 1. The minimum absolute atomic E-state index is 0.182. The van der Waals surface area contributed by atoms with Gasteiger partial charge in [-0.3, -0.25) is 4.79 Å². The molecule has 0 atom stereocenters. The third-order valence-corrected chi connectivity index (χ3v) is 4.19. The maximum Gasteiger partial charge on any atom is 0.253 e. The number of carbonyl (C=O) groups excluding carboxylic acids is 1. The van der Waals surface area contributed by atoms with Gasteiger partial charge in [0.15, 0.2) is 0 Å². The number of nitrogens with zero attached hydrogens (tertiary/aromatic N) is 1. The van der Waals surface area contributed by atoms with Crippen molar-refractivity contribution in [2.24, 2.45) is 5.92 Å². The summed E-state index contributed by atoms with van der Waals surface area (Å²) < 4.78 is 0. The molecule has 1 aromatic rings. The van der Waals surface area contributed by atoms with E-state index in [-0.39, 0.29) is 5.91 Å². The molecule has 1 fully saturated rings. The number of anilines is 1. The maximum atomic E-state index is 12.4. The van der Waals surface area contributed by atoms with Gasteiger partial charge < -0.3 is 10.2 Å². The second kappa shape index (κ2) is 7.32. The van der Waals surface area contributed by atoms with Crippen LogP contribution in [0.2, 0.25) is 0 Å². The first-order valence-corrected chi connectivity index (χ1v) is 7.87. The van der Waals surface area contributed by atoms with E-state index < -0.39 is 0 Å². The molecule has 3 heteroatoms. The molecule has 1 saturated heterocycles. The van der Waals surface area contributed by atoms with Crippen LogP contribution in [0.1, 0.15) is 49.9 Å². The number of hydrogen-bond acceptors (Lipinski definition) is 2. The Kier molecular flexibility index (Phi) is 5.45. The van der Waals surface area contributed by atoms with Crippen molar-refractivity contribution >= 4 is 11.6 Å². The molecule has 2 rings (SSSR count). The van der Waals surface area contributed by atoms with Gasteiger partial charge in [0.25, 0.3) is 5.91 Å². The summed E-state index contributed by atoms with van der Waals surface area (Å²) in [5.41, 5.74) is 1.90. The molecule has 0 aliphatic carbocycles. The van der Waals surface area contributed by atoms with E-state index in [1.807, 2.05) is 29.2 Å². The summed E-state index contributed by atoms with van der Waals surface area (Å²) in [4.78, 5) is 14.4. The fraction of sp³-hybridized carbons (Fsp3) is 0.588. The SMILES string of the molecule is CCCNc1ccc(C(=O)N2CCC(CC)CC2)cc1. The minimum atomic E-state index is 0.182. The molecule has 0 unspecified atom stereocenters. The summed E-state index contributed by atoms with van der Waals surface area (Å²) in [5.74, 6) is 0.987. The normalized spacial score (nSPS) is 16.2. The van der Waals surface area contributed by atoms with Crippen molar-refractivity contribution in [1.82, 2.24) is 4.90 Å². The van der Waals surface area contributed by atoms with E-state index in [0.29, 0.717) is 0 Å². The molecule has 1 aromatic carbocycles. The third-order valence-electron chi connectivity index (χ3n) is 4.19. The fourth-order valence-corrected chi connectivity index (χ4v) is 2.73. The van der Waals surface area contributed by atoms with Crippen LogP contribution in [0.25, 0.3) is 0 Å². The molecule has 0 saturated carbocycles. The van der Waals surface area contributed by atoms with Crippen LogP contribution in [-0.4, -0.2) is 30.4 Å². The molecular formula is C17H26N2O. The van der Waals surface area contributed by atoms with Crippen molar-refractivity contribution in [2.45, 2.75) is 39.5 Å². The fourth-order valence-electron chi connectivity index (χ4n) is 2.73. The van der Waals surface area contributed by atoms with Crippen LogP contribution in [0.4, 0.5) is 5.69 Å². The standard InChI is InChI=1S/C17H26N2O/c1-3-11-18-16-7-5-15(6-8-16)17(20)19-12-9-14(4-2)10-13-19/h5-8,14,18H,3-4,9-13H2,1-2H3. The van der Waals surface area contributed by atoms with Gasteiger partial charge in [0.2, 0.25) is 0 Å². The van der Waals surface area contributed by atoms with Crippen molar-refractivity contribution in [3.05, 3.63) is 29.8 Å². The third kappa shape index (κ3) is 3.75. The van der Waals surface area contributed by atoms with E-state index in [1.165, 1.54) is 6.42 Å². The molecule has 0 spiro atoms.